The van der Waals surface area contributed by atoms with E-state index in [4.69, 9.17) is 11.6 Å². The number of rotatable bonds is 2. The summed E-state index contributed by atoms with van der Waals surface area (Å²) in [6.07, 6.45) is 3.54. The average Bonchev–Trinajstić information content (AvgIpc) is 2.31. The van der Waals surface area contributed by atoms with Gasteiger partial charge in [-0.15, -0.1) is 0 Å². The van der Waals surface area contributed by atoms with E-state index in [2.05, 4.69) is 5.32 Å². The first-order valence-electron chi connectivity index (χ1n) is 5.68. The zero-order valence-electron chi connectivity index (χ0n) is 9.42. The first-order chi connectivity index (χ1) is 7.70. The Morgan fingerprint density at radius 3 is 2.59 bits per heavy atom. The Balaban J connectivity index is 0.00000144. The third-order valence-corrected chi connectivity index (χ3v) is 3.77. The summed E-state index contributed by atoms with van der Waals surface area (Å²) in [7, 11) is 1.84. The number of hydrogen-bond acceptors (Lipinski definition) is 2. The van der Waals surface area contributed by atoms with Crippen LogP contribution in [0.3, 0.4) is 0 Å². The molecule has 1 aromatic carbocycles. The van der Waals surface area contributed by atoms with Crippen molar-refractivity contribution in [1.82, 2.24) is 5.32 Å². The van der Waals surface area contributed by atoms with Gasteiger partial charge in [-0.25, -0.2) is 0 Å². The minimum atomic E-state index is -0.559. The summed E-state index contributed by atoms with van der Waals surface area (Å²) in [5, 5.41) is 3.86. The van der Waals surface area contributed by atoms with E-state index in [-0.39, 0.29) is 35.3 Å². The van der Waals surface area contributed by atoms with Crippen molar-refractivity contribution in [1.29, 1.82) is 0 Å². The first kappa shape index (κ1) is 15.2. The van der Waals surface area contributed by atoms with Crippen molar-refractivity contribution in [2.24, 2.45) is 0 Å². The van der Waals surface area contributed by atoms with E-state index in [9.17, 15) is 4.79 Å². The van der Waals surface area contributed by atoms with Gasteiger partial charge in [0.25, 0.3) is 0 Å². The molecule has 1 aliphatic rings. The van der Waals surface area contributed by atoms with Crippen LogP contribution in [0.1, 0.15) is 31.2 Å². The molecule has 2 nitrogen and oxygen atoms in total. The summed E-state index contributed by atoms with van der Waals surface area (Å²) in [5.41, 5.74) is 0.361. The molecule has 1 saturated carbocycles. The fourth-order valence-corrected chi connectivity index (χ4v) is 2.82. The maximum absolute atomic E-state index is 12.2. The molecule has 1 aliphatic carbocycles. The second-order valence-electron chi connectivity index (χ2n) is 4.27. The van der Waals surface area contributed by atoms with Crippen LogP contribution >= 0.6 is 11.6 Å². The summed E-state index contributed by atoms with van der Waals surface area (Å²) in [5.74, 6) is 0.259. The third kappa shape index (κ3) is 2.77. The van der Waals surface area contributed by atoms with E-state index in [1.807, 2.05) is 31.3 Å². The first-order valence-corrected chi connectivity index (χ1v) is 6.06. The predicted octanol–water partition coefficient (Wildman–Crippen LogP) is 2.25. The number of ketones is 1. The van der Waals surface area contributed by atoms with Gasteiger partial charge in [0.2, 0.25) is 0 Å². The molecule has 2 rings (SSSR count). The molecule has 88 valence electrons. The van der Waals surface area contributed by atoms with Crippen molar-refractivity contribution in [2.45, 2.75) is 31.2 Å². The van der Waals surface area contributed by atoms with Gasteiger partial charge in [0, 0.05) is 11.4 Å². The van der Waals surface area contributed by atoms with Crippen molar-refractivity contribution >= 4 is 46.9 Å². The number of Topliss-reactive ketones (excluding diaryl/α,β-unsaturated/α-hetero) is 1. The van der Waals surface area contributed by atoms with Gasteiger partial charge in [-0.1, -0.05) is 36.2 Å². The quantitative estimate of drug-likeness (QED) is 0.828. The molecule has 1 N–H and O–H groups in total. The van der Waals surface area contributed by atoms with Crippen molar-refractivity contribution in [3.8, 4) is 0 Å². The number of halogens is 1. The van der Waals surface area contributed by atoms with Crippen LogP contribution in [0.15, 0.2) is 24.3 Å². The molecule has 0 radical (unpaired) electrons. The molecule has 17 heavy (non-hydrogen) atoms. The Bertz CT molecular complexity index is 410. The van der Waals surface area contributed by atoms with E-state index in [0.29, 0.717) is 11.4 Å². The molecule has 0 amide bonds. The van der Waals surface area contributed by atoms with Crippen molar-refractivity contribution < 1.29 is 4.79 Å². The Hall–Kier alpha value is 0.140. The molecule has 1 aromatic rings. The van der Waals surface area contributed by atoms with Crippen LogP contribution in [0.25, 0.3) is 0 Å². The van der Waals surface area contributed by atoms with Crippen LogP contribution in [0.2, 0.25) is 5.02 Å². The number of benzene rings is 1. The summed E-state index contributed by atoms with van der Waals surface area (Å²) in [6.45, 7) is 0. The number of carbonyl (C=O) groups excluding carboxylic acids is 1. The molecule has 0 aromatic heterocycles. The van der Waals surface area contributed by atoms with Crippen molar-refractivity contribution in [3.63, 3.8) is 0 Å². The predicted molar refractivity (Wildman–Crippen MR) is 72.8 cm³/mol. The molecule has 4 heteroatoms. The SMILES string of the molecule is CNC1(c2ccccc2Cl)CCCCC1=O.[NaH]. The maximum atomic E-state index is 12.2. The number of nitrogens with one attached hydrogen (secondary N) is 1. The molecule has 0 aliphatic heterocycles. The Labute approximate surface area is 129 Å². The molecule has 1 fully saturated rings. The number of likely N-dealkylation sites (N-methyl/N-ethyl adjacent to an activating group) is 1. The van der Waals surface area contributed by atoms with Crippen LogP contribution in [0, 0.1) is 0 Å². The molecule has 1 atom stereocenters. The molecule has 0 heterocycles. The van der Waals surface area contributed by atoms with Gasteiger partial charge in [-0.05, 0) is 31.5 Å². The van der Waals surface area contributed by atoms with E-state index in [1.54, 1.807) is 0 Å². The van der Waals surface area contributed by atoms with Gasteiger partial charge in [0.05, 0.1) is 0 Å². The van der Waals surface area contributed by atoms with Gasteiger partial charge < -0.3 is 5.32 Å². The molecule has 0 saturated heterocycles. The zero-order valence-corrected chi connectivity index (χ0v) is 10.2. The topological polar surface area (TPSA) is 29.1 Å². The van der Waals surface area contributed by atoms with Gasteiger partial charge in [0.1, 0.15) is 5.54 Å². The average molecular weight is 262 g/mol. The van der Waals surface area contributed by atoms with Gasteiger partial charge in [-0.3, -0.25) is 4.79 Å². The van der Waals surface area contributed by atoms with Gasteiger partial charge in [-0.2, -0.15) is 0 Å². The van der Waals surface area contributed by atoms with E-state index < -0.39 is 5.54 Å². The summed E-state index contributed by atoms with van der Waals surface area (Å²) >= 11 is 6.20. The molecule has 0 spiro atoms. The normalized spacial score (nSPS) is 24.2. The minimum absolute atomic E-state index is 0. The van der Waals surface area contributed by atoms with Crippen molar-refractivity contribution in [3.05, 3.63) is 34.9 Å². The van der Waals surface area contributed by atoms with Crippen LogP contribution in [-0.2, 0) is 10.3 Å². The zero-order chi connectivity index (χ0) is 11.6. The van der Waals surface area contributed by atoms with Crippen LogP contribution in [0.4, 0.5) is 0 Å². The standard InChI is InChI=1S/C13H16ClNO.Na.H/c1-15-13(9-5-4-8-12(13)16)10-6-2-3-7-11(10)14;;/h2-3,6-7,15H,4-5,8-9H2,1H3;;. The van der Waals surface area contributed by atoms with Gasteiger partial charge in [0.15, 0.2) is 5.78 Å². The second kappa shape index (κ2) is 6.35. The summed E-state index contributed by atoms with van der Waals surface area (Å²) in [4.78, 5) is 12.2. The monoisotopic (exact) mass is 261 g/mol. The van der Waals surface area contributed by atoms with Gasteiger partial charge >= 0.3 is 29.6 Å². The molecule has 1 unspecified atom stereocenters. The van der Waals surface area contributed by atoms with E-state index in [0.717, 1.165) is 24.8 Å². The summed E-state index contributed by atoms with van der Waals surface area (Å²) < 4.78 is 0. The summed E-state index contributed by atoms with van der Waals surface area (Å²) in [6, 6.07) is 7.62. The Kier molecular flexibility index (Phi) is 5.68. The second-order valence-corrected chi connectivity index (χ2v) is 4.67. The fraction of sp³-hybridized carbons (Fsp3) is 0.462. The van der Waals surface area contributed by atoms with Crippen LogP contribution in [0.5, 0.6) is 0 Å². The molecular formula is C13H17ClNNaO. The van der Waals surface area contributed by atoms with E-state index >= 15 is 0 Å². The Morgan fingerprint density at radius 1 is 1.29 bits per heavy atom. The van der Waals surface area contributed by atoms with Crippen LogP contribution < -0.4 is 5.32 Å². The van der Waals surface area contributed by atoms with Crippen LogP contribution in [-0.4, -0.2) is 42.4 Å². The number of hydrogen-bond donors (Lipinski definition) is 1. The molecular weight excluding hydrogens is 245 g/mol. The van der Waals surface area contributed by atoms with E-state index in [1.165, 1.54) is 0 Å². The van der Waals surface area contributed by atoms with Crippen molar-refractivity contribution in [2.75, 3.05) is 7.05 Å². The fourth-order valence-electron chi connectivity index (χ4n) is 2.52. The third-order valence-electron chi connectivity index (χ3n) is 3.44. The Morgan fingerprint density at radius 2 is 2.00 bits per heavy atom. The molecule has 0 bridgehead atoms. The number of carbonyl (C=O) groups is 1.